The van der Waals surface area contributed by atoms with Crippen molar-refractivity contribution in [1.82, 2.24) is 10.1 Å². The lowest BCUT2D eigenvalue weighted by Crippen LogP contribution is -2.12. The van der Waals surface area contributed by atoms with E-state index in [-0.39, 0.29) is 0 Å². The van der Waals surface area contributed by atoms with E-state index in [9.17, 15) is 4.79 Å². The summed E-state index contributed by atoms with van der Waals surface area (Å²) in [5.41, 5.74) is 0. The third-order valence-electron chi connectivity index (χ3n) is 3.54. The molecular weight excluding hydrogens is 204 g/mol. The number of ketones is 1. The van der Waals surface area contributed by atoms with Gasteiger partial charge in [0, 0.05) is 25.2 Å². The summed E-state index contributed by atoms with van der Waals surface area (Å²) in [5.74, 6) is 3.09. The summed E-state index contributed by atoms with van der Waals surface area (Å²) in [7, 11) is 0. The van der Waals surface area contributed by atoms with Gasteiger partial charge in [0.15, 0.2) is 5.82 Å². The molecule has 0 aliphatic heterocycles. The second kappa shape index (κ2) is 4.00. The van der Waals surface area contributed by atoms with E-state index < -0.39 is 0 Å². The smallest absolute Gasteiger partial charge is 0.229 e. The minimum atomic E-state index is 0.318. The summed E-state index contributed by atoms with van der Waals surface area (Å²) < 4.78 is 5.30. The fourth-order valence-corrected chi connectivity index (χ4v) is 2.28. The van der Waals surface area contributed by atoms with Gasteiger partial charge in [0.1, 0.15) is 5.78 Å². The standard InChI is InChI=1S/C12H16N2O2/c15-10-5-3-9(4-6-10)12-13-11(14-16-12)7-8-1-2-8/h8-9H,1-7H2. The Bertz CT molecular complexity index is 385. The van der Waals surface area contributed by atoms with Gasteiger partial charge in [-0.15, -0.1) is 0 Å². The zero-order chi connectivity index (χ0) is 11.0. The number of nitrogens with zero attached hydrogens (tertiary/aromatic N) is 2. The van der Waals surface area contributed by atoms with E-state index in [1.807, 2.05) is 0 Å². The van der Waals surface area contributed by atoms with Crippen LogP contribution in [0.3, 0.4) is 0 Å². The molecule has 2 aliphatic rings. The van der Waals surface area contributed by atoms with Crippen molar-refractivity contribution in [2.45, 2.75) is 50.9 Å². The van der Waals surface area contributed by atoms with Crippen molar-refractivity contribution in [2.75, 3.05) is 0 Å². The van der Waals surface area contributed by atoms with Crippen molar-refractivity contribution < 1.29 is 9.32 Å². The van der Waals surface area contributed by atoms with Crippen LogP contribution in [0.4, 0.5) is 0 Å². The van der Waals surface area contributed by atoms with Crippen LogP contribution < -0.4 is 0 Å². The number of carbonyl (C=O) groups excluding carboxylic acids is 1. The highest BCUT2D eigenvalue weighted by Crippen LogP contribution is 2.33. The van der Waals surface area contributed by atoms with Crippen molar-refractivity contribution in [1.29, 1.82) is 0 Å². The van der Waals surface area contributed by atoms with Crippen LogP contribution in [0.5, 0.6) is 0 Å². The summed E-state index contributed by atoms with van der Waals surface area (Å²) in [4.78, 5) is 15.6. The Balaban J connectivity index is 1.64. The normalized spacial score (nSPS) is 22.6. The molecule has 1 aromatic heterocycles. The molecule has 0 radical (unpaired) electrons. The first kappa shape index (κ1) is 10.00. The molecule has 16 heavy (non-hydrogen) atoms. The van der Waals surface area contributed by atoms with Crippen LogP contribution in [0, 0.1) is 5.92 Å². The molecule has 0 N–H and O–H groups in total. The van der Waals surface area contributed by atoms with Crippen LogP contribution >= 0.6 is 0 Å². The third kappa shape index (κ3) is 2.15. The minimum Gasteiger partial charge on any atom is -0.339 e. The van der Waals surface area contributed by atoms with Crippen LogP contribution in [0.25, 0.3) is 0 Å². The predicted octanol–water partition coefficient (Wildman–Crippen LogP) is 2.25. The van der Waals surface area contributed by atoms with Crippen LogP contribution in [0.15, 0.2) is 4.52 Å². The van der Waals surface area contributed by atoms with Gasteiger partial charge >= 0.3 is 0 Å². The fraction of sp³-hybridized carbons (Fsp3) is 0.750. The largest absolute Gasteiger partial charge is 0.339 e. The van der Waals surface area contributed by atoms with Crippen LogP contribution in [0.1, 0.15) is 56.2 Å². The molecule has 4 nitrogen and oxygen atoms in total. The summed E-state index contributed by atoms with van der Waals surface area (Å²) in [6, 6.07) is 0. The van der Waals surface area contributed by atoms with Crippen molar-refractivity contribution in [2.24, 2.45) is 5.92 Å². The Labute approximate surface area is 94.4 Å². The predicted molar refractivity (Wildman–Crippen MR) is 56.9 cm³/mol. The van der Waals surface area contributed by atoms with Crippen LogP contribution in [0.2, 0.25) is 0 Å². The Morgan fingerprint density at radius 2 is 1.94 bits per heavy atom. The summed E-state index contributed by atoms with van der Waals surface area (Å²) >= 11 is 0. The maximum atomic E-state index is 11.1. The molecule has 0 amide bonds. The second-order valence-electron chi connectivity index (χ2n) is 5.01. The highest BCUT2D eigenvalue weighted by atomic mass is 16.5. The van der Waals surface area contributed by atoms with E-state index in [1.165, 1.54) is 12.8 Å². The van der Waals surface area contributed by atoms with E-state index in [1.54, 1.807) is 0 Å². The molecule has 2 fully saturated rings. The number of carbonyl (C=O) groups is 1. The minimum absolute atomic E-state index is 0.318. The van der Waals surface area contributed by atoms with Crippen LogP contribution in [-0.2, 0) is 11.2 Å². The van der Waals surface area contributed by atoms with E-state index in [4.69, 9.17) is 4.52 Å². The zero-order valence-electron chi connectivity index (χ0n) is 9.32. The first-order valence-corrected chi connectivity index (χ1v) is 6.15. The number of hydrogen-bond acceptors (Lipinski definition) is 4. The Kier molecular flexibility index (Phi) is 2.50. The Hall–Kier alpha value is -1.19. The molecule has 1 aromatic rings. The van der Waals surface area contributed by atoms with Gasteiger partial charge in [-0.05, 0) is 31.6 Å². The monoisotopic (exact) mass is 220 g/mol. The van der Waals surface area contributed by atoms with Crippen LogP contribution in [-0.4, -0.2) is 15.9 Å². The molecule has 3 rings (SSSR count). The maximum absolute atomic E-state index is 11.1. The average molecular weight is 220 g/mol. The molecule has 0 unspecified atom stereocenters. The molecule has 0 atom stereocenters. The maximum Gasteiger partial charge on any atom is 0.229 e. The number of Topliss-reactive ketones (excluding diaryl/α,β-unsaturated/α-hetero) is 1. The summed E-state index contributed by atoms with van der Waals surface area (Å²) in [6.45, 7) is 0. The highest BCUT2D eigenvalue weighted by molar-refractivity contribution is 5.79. The molecular formula is C12H16N2O2. The highest BCUT2D eigenvalue weighted by Gasteiger charge is 2.27. The van der Waals surface area contributed by atoms with E-state index in [0.717, 1.165) is 36.9 Å². The van der Waals surface area contributed by atoms with Gasteiger partial charge in [-0.2, -0.15) is 4.98 Å². The SMILES string of the molecule is O=C1CCC(c2nc(CC3CC3)no2)CC1. The van der Waals surface area contributed by atoms with E-state index in [2.05, 4.69) is 10.1 Å². The van der Waals surface area contributed by atoms with Gasteiger partial charge in [-0.3, -0.25) is 4.79 Å². The zero-order valence-corrected chi connectivity index (χ0v) is 9.32. The fourth-order valence-electron chi connectivity index (χ4n) is 2.28. The first-order chi connectivity index (χ1) is 7.81. The molecule has 86 valence electrons. The lowest BCUT2D eigenvalue weighted by Gasteiger charge is -2.16. The third-order valence-corrected chi connectivity index (χ3v) is 3.54. The molecule has 0 saturated heterocycles. The summed E-state index contributed by atoms with van der Waals surface area (Å²) in [5, 5.41) is 4.02. The molecule has 4 heteroatoms. The van der Waals surface area contributed by atoms with Crippen molar-refractivity contribution in [3.63, 3.8) is 0 Å². The topological polar surface area (TPSA) is 56.0 Å². The molecule has 0 aromatic carbocycles. The van der Waals surface area contributed by atoms with Gasteiger partial charge in [0.25, 0.3) is 0 Å². The van der Waals surface area contributed by atoms with Gasteiger partial charge in [0.05, 0.1) is 0 Å². The Morgan fingerprint density at radius 1 is 1.19 bits per heavy atom. The quantitative estimate of drug-likeness (QED) is 0.784. The number of rotatable bonds is 3. The van der Waals surface area contributed by atoms with Gasteiger partial charge in [-0.25, -0.2) is 0 Å². The number of hydrogen-bond donors (Lipinski definition) is 0. The summed E-state index contributed by atoms with van der Waals surface area (Å²) in [6.07, 6.45) is 6.68. The molecule has 2 saturated carbocycles. The van der Waals surface area contributed by atoms with Gasteiger partial charge in [0.2, 0.25) is 5.89 Å². The van der Waals surface area contributed by atoms with E-state index >= 15 is 0 Å². The number of aromatic nitrogens is 2. The average Bonchev–Trinajstić information content (AvgIpc) is 2.97. The molecule has 2 aliphatic carbocycles. The molecule has 1 heterocycles. The second-order valence-corrected chi connectivity index (χ2v) is 5.01. The molecule has 0 spiro atoms. The van der Waals surface area contributed by atoms with Crippen molar-refractivity contribution >= 4 is 5.78 Å². The Morgan fingerprint density at radius 3 is 2.62 bits per heavy atom. The first-order valence-electron chi connectivity index (χ1n) is 6.15. The van der Waals surface area contributed by atoms with Crippen molar-refractivity contribution in [3.05, 3.63) is 11.7 Å². The van der Waals surface area contributed by atoms with E-state index in [0.29, 0.717) is 24.5 Å². The van der Waals surface area contributed by atoms with Crippen molar-refractivity contribution in [3.8, 4) is 0 Å². The molecule has 0 bridgehead atoms. The lowest BCUT2D eigenvalue weighted by molar-refractivity contribution is -0.120. The lowest BCUT2D eigenvalue weighted by atomic mass is 9.88. The van der Waals surface area contributed by atoms with Gasteiger partial charge < -0.3 is 4.52 Å². The van der Waals surface area contributed by atoms with Gasteiger partial charge in [-0.1, -0.05) is 5.16 Å².